The van der Waals surface area contributed by atoms with Crippen molar-refractivity contribution in [3.05, 3.63) is 29.3 Å². The van der Waals surface area contributed by atoms with E-state index in [0.29, 0.717) is 12.5 Å². The summed E-state index contributed by atoms with van der Waals surface area (Å²) in [6.07, 6.45) is 6.89. The van der Waals surface area contributed by atoms with Crippen LogP contribution in [0.25, 0.3) is 0 Å². The fourth-order valence-corrected chi connectivity index (χ4v) is 5.38. The Morgan fingerprint density at radius 2 is 1.97 bits per heavy atom. The van der Waals surface area contributed by atoms with Crippen molar-refractivity contribution in [3.8, 4) is 5.75 Å². The summed E-state index contributed by atoms with van der Waals surface area (Å²) in [6.45, 7) is 3.48. The molecule has 7 nitrogen and oxygen atoms in total. The molecule has 2 atom stereocenters. The van der Waals surface area contributed by atoms with E-state index in [2.05, 4.69) is 23.0 Å². The van der Waals surface area contributed by atoms with Crippen molar-refractivity contribution in [2.24, 2.45) is 0 Å². The van der Waals surface area contributed by atoms with Gasteiger partial charge < -0.3 is 14.8 Å². The van der Waals surface area contributed by atoms with Gasteiger partial charge in [-0.05, 0) is 63.1 Å². The molecule has 3 rings (SSSR count). The Morgan fingerprint density at radius 1 is 1.21 bits per heavy atom. The maximum absolute atomic E-state index is 11.5. The summed E-state index contributed by atoms with van der Waals surface area (Å²) in [6, 6.07) is 5.90. The predicted octanol–water partition coefficient (Wildman–Crippen LogP) is 1.90. The minimum Gasteiger partial charge on any atom is -0.486 e. The zero-order chi connectivity index (χ0) is 20.9. The van der Waals surface area contributed by atoms with E-state index < -0.39 is 10.0 Å². The zero-order valence-corrected chi connectivity index (χ0v) is 18.0. The van der Waals surface area contributed by atoms with Gasteiger partial charge in [0, 0.05) is 17.6 Å². The van der Waals surface area contributed by atoms with E-state index in [1.165, 1.54) is 17.4 Å². The number of ether oxygens (including phenoxy) is 2. The van der Waals surface area contributed by atoms with Gasteiger partial charge >= 0.3 is 0 Å². The maximum Gasteiger partial charge on any atom is 0.209 e. The molecule has 162 valence electrons. The number of hydrogen-bond acceptors (Lipinski definition) is 6. The average Bonchev–Trinajstić information content (AvgIpc) is 3.10. The van der Waals surface area contributed by atoms with Crippen molar-refractivity contribution < 1.29 is 22.7 Å². The number of sulfonamides is 1. The van der Waals surface area contributed by atoms with E-state index in [1.807, 2.05) is 12.1 Å². The first-order valence-electron chi connectivity index (χ1n) is 10.4. The van der Waals surface area contributed by atoms with Gasteiger partial charge in [-0.15, -0.1) is 0 Å². The summed E-state index contributed by atoms with van der Waals surface area (Å²) in [5.41, 5.74) is 2.41. The molecule has 2 fully saturated rings. The van der Waals surface area contributed by atoms with Crippen LogP contribution in [-0.4, -0.2) is 58.9 Å². The largest absolute Gasteiger partial charge is 0.486 e. The van der Waals surface area contributed by atoms with E-state index in [-0.39, 0.29) is 24.8 Å². The molecule has 0 radical (unpaired) electrons. The monoisotopic (exact) mass is 424 g/mol. The van der Waals surface area contributed by atoms with Gasteiger partial charge in [0.05, 0.1) is 19.0 Å². The third kappa shape index (κ3) is 6.25. The standard InChI is InChI=1S/C21H32N2O5S/c1-15-4-3-5-20(27-13-12-24)21(15)16-6-8-17(9-7-16)28-14-19-18(10-11-22-19)23-29(2,25)26/h3-5,12,16-19,22-23H,6-11,13-14H2,1-2H3/t16?,17?,18-,19-/m0/s1. The maximum atomic E-state index is 11.5. The number of carbonyl (C=O) groups is 1. The van der Waals surface area contributed by atoms with Crippen LogP contribution >= 0.6 is 0 Å². The van der Waals surface area contributed by atoms with E-state index in [0.717, 1.165) is 50.7 Å². The lowest BCUT2D eigenvalue weighted by Crippen LogP contribution is -2.46. The van der Waals surface area contributed by atoms with Gasteiger partial charge in [-0.1, -0.05) is 12.1 Å². The second kappa shape index (κ2) is 10.0. The Hall–Kier alpha value is -1.48. The van der Waals surface area contributed by atoms with Crippen LogP contribution in [0, 0.1) is 6.92 Å². The van der Waals surface area contributed by atoms with Crippen LogP contribution in [-0.2, 0) is 19.6 Å². The van der Waals surface area contributed by atoms with Crippen LogP contribution in [0.5, 0.6) is 5.75 Å². The third-order valence-electron chi connectivity index (χ3n) is 5.90. The summed E-state index contributed by atoms with van der Waals surface area (Å²) in [5, 5.41) is 3.34. The summed E-state index contributed by atoms with van der Waals surface area (Å²) in [4.78, 5) is 10.7. The van der Waals surface area contributed by atoms with Crippen molar-refractivity contribution in [3.63, 3.8) is 0 Å². The Bertz CT molecular complexity index is 790. The molecule has 1 aliphatic heterocycles. The molecule has 2 aliphatic rings. The fourth-order valence-electron chi connectivity index (χ4n) is 4.54. The predicted molar refractivity (Wildman–Crippen MR) is 112 cm³/mol. The van der Waals surface area contributed by atoms with Gasteiger partial charge in [-0.3, -0.25) is 4.79 Å². The van der Waals surface area contributed by atoms with Gasteiger partial charge in [0.2, 0.25) is 10.0 Å². The van der Waals surface area contributed by atoms with Crippen molar-refractivity contribution in [2.45, 2.75) is 63.1 Å². The highest BCUT2D eigenvalue weighted by Crippen LogP contribution is 2.40. The molecular formula is C21H32N2O5S. The van der Waals surface area contributed by atoms with Crippen LogP contribution in [0.15, 0.2) is 18.2 Å². The highest BCUT2D eigenvalue weighted by atomic mass is 32.2. The SMILES string of the molecule is Cc1cccc(OCC=O)c1C1CCC(OC[C@@H]2NCC[C@@H]2NS(C)(=O)=O)CC1. The molecule has 29 heavy (non-hydrogen) atoms. The molecule has 1 aromatic rings. The van der Waals surface area contributed by atoms with Gasteiger partial charge in [-0.25, -0.2) is 13.1 Å². The van der Waals surface area contributed by atoms with Crippen molar-refractivity contribution in [2.75, 3.05) is 26.0 Å². The summed E-state index contributed by atoms with van der Waals surface area (Å²) < 4.78 is 37.5. The molecule has 0 amide bonds. The first-order valence-corrected chi connectivity index (χ1v) is 12.2. The van der Waals surface area contributed by atoms with Crippen LogP contribution in [0.1, 0.15) is 49.1 Å². The number of nitrogens with one attached hydrogen (secondary N) is 2. The molecule has 0 unspecified atom stereocenters. The Labute approximate surface area is 173 Å². The minimum atomic E-state index is -3.22. The number of benzene rings is 1. The Balaban J connectivity index is 1.52. The van der Waals surface area contributed by atoms with Crippen molar-refractivity contribution in [1.82, 2.24) is 10.0 Å². The molecule has 1 heterocycles. The summed E-state index contributed by atoms with van der Waals surface area (Å²) >= 11 is 0. The van der Waals surface area contributed by atoms with Crippen LogP contribution in [0.2, 0.25) is 0 Å². The molecule has 1 aliphatic carbocycles. The average molecular weight is 425 g/mol. The van der Waals surface area contributed by atoms with Gasteiger partial charge in [0.1, 0.15) is 12.4 Å². The van der Waals surface area contributed by atoms with E-state index in [9.17, 15) is 13.2 Å². The van der Waals surface area contributed by atoms with Gasteiger partial charge in [0.15, 0.2) is 6.29 Å². The summed E-state index contributed by atoms with van der Waals surface area (Å²) in [5.74, 6) is 1.22. The molecular weight excluding hydrogens is 392 g/mol. The molecule has 8 heteroatoms. The topological polar surface area (TPSA) is 93.7 Å². The van der Waals surface area contributed by atoms with Crippen LogP contribution in [0.3, 0.4) is 0 Å². The fraction of sp³-hybridized carbons (Fsp3) is 0.667. The molecule has 1 saturated heterocycles. The number of carbonyl (C=O) groups excluding carboxylic acids is 1. The van der Waals surface area contributed by atoms with E-state index in [4.69, 9.17) is 9.47 Å². The molecule has 0 aromatic heterocycles. The minimum absolute atomic E-state index is 0.0159. The number of hydrogen-bond donors (Lipinski definition) is 2. The molecule has 2 N–H and O–H groups in total. The zero-order valence-electron chi connectivity index (χ0n) is 17.2. The van der Waals surface area contributed by atoms with Crippen LogP contribution in [0.4, 0.5) is 0 Å². The van der Waals surface area contributed by atoms with Gasteiger partial charge in [-0.2, -0.15) is 0 Å². The Kier molecular flexibility index (Phi) is 7.67. The quantitative estimate of drug-likeness (QED) is 0.588. The Morgan fingerprint density at radius 3 is 2.66 bits per heavy atom. The molecule has 0 bridgehead atoms. The second-order valence-electron chi connectivity index (χ2n) is 8.12. The number of rotatable bonds is 9. The molecule has 1 aromatic carbocycles. The van der Waals surface area contributed by atoms with Crippen LogP contribution < -0.4 is 14.8 Å². The first-order chi connectivity index (χ1) is 13.9. The number of aldehydes is 1. The lowest BCUT2D eigenvalue weighted by atomic mass is 9.80. The molecule has 0 spiro atoms. The van der Waals surface area contributed by atoms with E-state index >= 15 is 0 Å². The highest BCUT2D eigenvalue weighted by Gasteiger charge is 2.31. The van der Waals surface area contributed by atoms with Crippen molar-refractivity contribution in [1.29, 1.82) is 0 Å². The lowest BCUT2D eigenvalue weighted by molar-refractivity contribution is -0.109. The first kappa shape index (κ1) is 22.2. The van der Waals surface area contributed by atoms with Crippen molar-refractivity contribution >= 4 is 16.3 Å². The van der Waals surface area contributed by atoms with E-state index in [1.54, 1.807) is 0 Å². The lowest BCUT2D eigenvalue weighted by Gasteiger charge is -2.31. The third-order valence-corrected chi connectivity index (χ3v) is 6.63. The second-order valence-corrected chi connectivity index (χ2v) is 9.90. The highest BCUT2D eigenvalue weighted by molar-refractivity contribution is 7.88. The summed E-state index contributed by atoms with van der Waals surface area (Å²) in [7, 11) is -3.22. The normalized spacial score (nSPS) is 27.7. The smallest absolute Gasteiger partial charge is 0.209 e. The molecule has 1 saturated carbocycles. The number of aryl methyl sites for hydroxylation is 1. The van der Waals surface area contributed by atoms with Gasteiger partial charge in [0.25, 0.3) is 0 Å².